The second kappa shape index (κ2) is 9.67. The van der Waals surface area contributed by atoms with Crippen LogP contribution in [0.25, 0.3) is 0 Å². The summed E-state index contributed by atoms with van der Waals surface area (Å²) >= 11 is 1.16. The van der Waals surface area contributed by atoms with Crippen molar-refractivity contribution in [3.63, 3.8) is 0 Å². The molecule has 2 heterocycles. The topological polar surface area (TPSA) is 99.9 Å². The minimum atomic E-state index is -3.51. The monoisotopic (exact) mass is 413 g/mol. The van der Waals surface area contributed by atoms with Crippen molar-refractivity contribution in [2.45, 2.75) is 23.6 Å². The van der Waals surface area contributed by atoms with Crippen molar-refractivity contribution in [1.82, 2.24) is 14.5 Å². The molecule has 148 valence electrons. The largest absolute Gasteiger partial charge is 0.467 e. The summed E-state index contributed by atoms with van der Waals surface area (Å²) in [7, 11) is -0.474. The van der Waals surface area contributed by atoms with Crippen LogP contribution in [0.1, 0.15) is 18.6 Å². The molecule has 0 aliphatic heterocycles. The van der Waals surface area contributed by atoms with Gasteiger partial charge in [0.05, 0.1) is 19.4 Å². The molecule has 0 bridgehead atoms. The highest BCUT2D eigenvalue weighted by Gasteiger charge is 2.22. The second-order valence-corrected chi connectivity index (χ2v) is 9.19. The van der Waals surface area contributed by atoms with E-state index in [-0.39, 0.29) is 42.1 Å². The van der Waals surface area contributed by atoms with Gasteiger partial charge in [0.2, 0.25) is 11.8 Å². The molecule has 0 radical (unpaired) electrons. The van der Waals surface area contributed by atoms with E-state index in [4.69, 9.17) is 4.42 Å². The molecule has 10 heteroatoms. The first kappa shape index (κ1) is 21.1. The molecule has 0 atom stereocenters. The molecule has 0 fully saturated rings. The van der Waals surface area contributed by atoms with Crippen molar-refractivity contribution in [2.75, 3.05) is 27.2 Å². The van der Waals surface area contributed by atoms with Gasteiger partial charge in [-0.1, -0.05) is 6.07 Å². The Kier molecular flexibility index (Phi) is 7.57. The molecule has 2 aromatic rings. The summed E-state index contributed by atoms with van der Waals surface area (Å²) in [6, 6.07) is 6.71. The Morgan fingerprint density at radius 2 is 2.00 bits per heavy atom. The molecule has 0 aromatic carbocycles. The summed E-state index contributed by atoms with van der Waals surface area (Å²) in [5.41, 5.74) is 0. The summed E-state index contributed by atoms with van der Waals surface area (Å²) in [6.07, 6.45) is 2.05. The third-order valence-electron chi connectivity index (χ3n) is 3.87. The van der Waals surface area contributed by atoms with Crippen molar-refractivity contribution < 1.29 is 22.4 Å². The van der Waals surface area contributed by atoms with Crippen LogP contribution >= 0.6 is 11.3 Å². The van der Waals surface area contributed by atoms with Crippen LogP contribution in [-0.2, 0) is 26.2 Å². The van der Waals surface area contributed by atoms with E-state index in [0.717, 1.165) is 11.3 Å². The number of amides is 2. The molecule has 0 unspecified atom stereocenters. The van der Waals surface area contributed by atoms with Crippen molar-refractivity contribution in [3.8, 4) is 0 Å². The lowest BCUT2D eigenvalue weighted by Crippen LogP contribution is -2.38. The van der Waals surface area contributed by atoms with Gasteiger partial charge in [0.25, 0.3) is 10.0 Å². The Bertz CT molecular complexity index is 832. The van der Waals surface area contributed by atoms with Crippen LogP contribution in [0.3, 0.4) is 0 Å². The maximum Gasteiger partial charge on any atom is 0.252 e. The number of likely N-dealkylation sites (N-methyl/N-ethyl adjacent to an activating group) is 1. The molecule has 0 aliphatic carbocycles. The molecule has 27 heavy (non-hydrogen) atoms. The van der Waals surface area contributed by atoms with E-state index < -0.39 is 10.0 Å². The van der Waals surface area contributed by atoms with Crippen molar-refractivity contribution in [1.29, 1.82) is 0 Å². The highest BCUT2D eigenvalue weighted by atomic mass is 32.2. The lowest BCUT2D eigenvalue weighted by molar-refractivity contribution is -0.134. The number of carbonyl (C=O) groups excluding carboxylic acids is 2. The zero-order valence-corrected chi connectivity index (χ0v) is 16.9. The number of carbonyl (C=O) groups is 2. The van der Waals surface area contributed by atoms with Crippen LogP contribution in [0.2, 0.25) is 0 Å². The lowest BCUT2D eigenvalue weighted by atomic mass is 10.3. The van der Waals surface area contributed by atoms with Crippen LogP contribution in [0.4, 0.5) is 0 Å². The van der Waals surface area contributed by atoms with Crippen molar-refractivity contribution >= 4 is 33.2 Å². The van der Waals surface area contributed by atoms with Gasteiger partial charge in [-0.3, -0.25) is 9.59 Å². The summed E-state index contributed by atoms with van der Waals surface area (Å²) < 4.78 is 31.2. The predicted octanol–water partition coefficient (Wildman–Crippen LogP) is 1.52. The Morgan fingerprint density at radius 3 is 2.63 bits per heavy atom. The number of rotatable bonds is 10. The Balaban J connectivity index is 1.70. The lowest BCUT2D eigenvalue weighted by Gasteiger charge is -2.18. The molecule has 2 amide bonds. The summed E-state index contributed by atoms with van der Waals surface area (Å²) in [5, 5.41) is 4.37. The van der Waals surface area contributed by atoms with Crippen LogP contribution in [0.5, 0.6) is 0 Å². The van der Waals surface area contributed by atoms with Gasteiger partial charge in [-0.25, -0.2) is 12.7 Å². The van der Waals surface area contributed by atoms with Gasteiger partial charge in [-0.15, -0.1) is 11.3 Å². The third kappa shape index (κ3) is 6.19. The predicted molar refractivity (Wildman–Crippen MR) is 102 cm³/mol. The third-order valence-corrected chi connectivity index (χ3v) is 7.10. The van der Waals surface area contributed by atoms with Crippen LogP contribution in [0, 0.1) is 0 Å². The maximum absolute atomic E-state index is 12.3. The second-order valence-electron chi connectivity index (χ2n) is 5.97. The first-order valence-corrected chi connectivity index (χ1v) is 10.7. The summed E-state index contributed by atoms with van der Waals surface area (Å²) in [6.45, 7) is 0.423. The number of furan rings is 1. The van der Waals surface area contributed by atoms with E-state index in [1.165, 1.54) is 22.5 Å². The van der Waals surface area contributed by atoms with Crippen LogP contribution < -0.4 is 5.32 Å². The van der Waals surface area contributed by atoms with Gasteiger partial charge in [-0.05, 0) is 30.0 Å². The van der Waals surface area contributed by atoms with Crippen molar-refractivity contribution in [3.05, 3.63) is 41.7 Å². The van der Waals surface area contributed by atoms with Crippen LogP contribution in [-0.4, -0.2) is 56.6 Å². The fourth-order valence-corrected chi connectivity index (χ4v) is 4.70. The van der Waals surface area contributed by atoms with Crippen LogP contribution in [0.15, 0.2) is 44.5 Å². The number of nitrogens with one attached hydrogen (secondary N) is 1. The van der Waals surface area contributed by atoms with Gasteiger partial charge in [0.1, 0.15) is 9.97 Å². The standard InChI is InChI=1S/C17H23N3O5S2/c1-19(13-15(21)18-12-14-6-4-10-25-14)16(22)7-3-9-20(2)27(23,24)17-8-5-11-26-17/h4-6,8,10-11H,3,7,9,12-13H2,1-2H3,(H,18,21). The van der Waals surface area contributed by atoms with E-state index in [1.807, 2.05) is 0 Å². The minimum Gasteiger partial charge on any atom is -0.467 e. The molecule has 0 spiro atoms. The normalized spacial score (nSPS) is 11.5. The average molecular weight is 414 g/mol. The number of hydrogen-bond donors (Lipinski definition) is 1. The Labute approximate surface area is 162 Å². The average Bonchev–Trinajstić information content (AvgIpc) is 3.33. The molecule has 2 rings (SSSR count). The zero-order valence-electron chi connectivity index (χ0n) is 15.3. The number of nitrogens with zero attached hydrogens (tertiary/aromatic N) is 2. The number of hydrogen-bond acceptors (Lipinski definition) is 6. The Hall–Kier alpha value is -2.17. The molecule has 0 saturated carbocycles. The quantitative estimate of drug-likeness (QED) is 0.637. The molecule has 1 N–H and O–H groups in total. The van der Waals surface area contributed by atoms with Gasteiger partial charge in [-0.2, -0.15) is 0 Å². The maximum atomic E-state index is 12.3. The van der Waals surface area contributed by atoms with Crippen molar-refractivity contribution in [2.24, 2.45) is 0 Å². The van der Waals surface area contributed by atoms with E-state index in [2.05, 4.69) is 5.32 Å². The fourth-order valence-electron chi connectivity index (χ4n) is 2.29. The first-order valence-electron chi connectivity index (χ1n) is 8.33. The van der Waals surface area contributed by atoms with Gasteiger partial charge in [0, 0.05) is 27.1 Å². The summed E-state index contributed by atoms with van der Waals surface area (Å²) in [4.78, 5) is 25.3. The number of sulfonamides is 1. The smallest absolute Gasteiger partial charge is 0.252 e. The molecule has 2 aromatic heterocycles. The molecule has 0 aliphatic rings. The van der Waals surface area contributed by atoms with E-state index in [1.54, 1.807) is 36.7 Å². The highest BCUT2D eigenvalue weighted by molar-refractivity contribution is 7.91. The molecule has 8 nitrogen and oxygen atoms in total. The summed E-state index contributed by atoms with van der Waals surface area (Å²) in [5.74, 6) is 0.122. The van der Waals surface area contributed by atoms with E-state index in [9.17, 15) is 18.0 Å². The SMILES string of the molecule is CN(CC(=O)NCc1ccco1)C(=O)CCCN(C)S(=O)(=O)c1cccs1. The fraction of sp³-hybridized carbons (Fsp3) is 0.412. The van der Waals surface area contributed by atoms with Gasteiger partial charge in [0.15, 0.2) is 0 Å². The first-order chi connectivity index (χ1) is 12.8. The number of thiophene rings is 1. The van der Waals surface area contributed by atoms with E-state index >= 15 is 0 Å². The van der Waals surface area contributed by atoms with E-state index in [0.29, 0.717) is 12.2 Å². The zero-order chi connectivity index (χ0) is 19.9. The van der Waals surface area contributed by atoms with Gasteiger partial charge < -0.3 is 14.6 Å². The molecular formula is C17H23N3O5S2. The highest BCUT2D eigenvalue weighted by Crippen LogP contribution is 2.20. The van der Waals surface area contributed by atoms with Gasteiger partial charge >= 0.3 is 0 Å². The molecular weight excluding hydrogens is 390 g/mol. The minimum absolute atomic E-state index is 0.0666. The Morgan fingerprint density at radius 1 is 1.22 bits per heavy atom. The molecule has 0 saturated heterocycles.